The number of phenolic OH excluding ortho intramolecular Hbond substituents is 2. The van der Waals surface area contributed by atoms with Crippen LogP contribution in [0.4, 0.5) is 0 Å². The zero-order valence-corrected chi connectivity index (χ0v) is 12.2. The van der Waals surface area contributed by atoms with Gasteiger partial charge in [0.2, 0.25) is 0 Å². The first kappa shape index (κ1) is 15.8. The molecule has 3 N–H and O–H groups in total. The maximum Gasteiger partial charge on any atom is 0.119 e. The van der Waals surface area contributed by atoms with Crippen molar-refractivity contribution in [2.45, 2.75) is 39.8 Å². The number of hydrogen-bond acceptors (Lipinski definition) is 4. The standard InChI is InChI=1S/C15H25NO3/c1-5-19-9-15(10(2)3)16-11(4)12-6-13(17)8-14(18)7-12/h6-8,10-11,15-18H,5,9H2,1-4H3. The minimum Gasteiger partial charge on any atom is -0.508 e. The van der Waals surface area contributed by atoms with Gasteiger partial charge in [0.25, 0.3) is 0 Å². The summed E-state index contributed by atoms with van der Waals surface area (Å²) in [6.07, 6.45) is 0. The molecule has 0 aromatic heterocycles. The van der Waals surface area contributed by atoms with Crippen molar-refractivity contribution in [3.8, 4) is 11.5 Å². The molecule has 19 heavy (non-hydrogen) atoms. The normalized spacial score (nSPS) is 14.6. The van der Waals surface area contributed by atoms with Crippen molar-refractivity contribution in [2.75, 3.05) is 13.2 Å². The Labute approximate surface area is 115 Å². The van der Waals surface area contributed by atoms with Crippen LogP contribution in [-0.2, 0) is 4.74 Å². The van der Waals surface area contributed by atoms with Gasteiger partial charge in [-0.1, -0.05) is 13.8 Å². The number of benzene rings is 1. The van der Waals surface area contributed by atoms with Crippen LogP contribution in [0, 0.1) is 5.92 Å². The van der Waals surface area contributed by atoms with Crippen LogP contribution in [0.25, 0.3) is 0 Å². The van der Waals surface area contributed by atoms with E-state index in [1.807, 2.05) is 13.8 Å². The number of aromatic hydroxyl groups is 2. The molecule has 1 rings (SSSR count). The molecule has 0 radical (unpaired) electrons. The molecule has 0 aliphatic rings. The largest absolute Gasteiger partial charge is 0.508 e. The van der Waals surface area contributed by atoms with E-state index < -0.39 is 0 Å². The fourth-order valence-corrected chi connectivity index (χ4v) is 1.96. The van der Waals surface area contributed by atoms with Gasteiger partial charge in [0, 0.05) is 24.8 Å². The second-order valence-electron chi connectivity index (χ2n) is 5.18. The van der Waals surface area contributed by atoms with Crippen LogP contribution in [0.15, 0.2) is 18.2 Å². The summed E-state index contributed by atoms with van der Waals surface area (Å²) >= 11 is 0. The quantitative estimate of drug-likeness (QED) is 0.711. The highest BCUT2D eigenvalue weighted by Gasteiger charge is 2.17. The van der Waals surface area contributed by atoms with E-state index in [1.165, 1.54) is 6.07 Å². The first-order chi connectivity index (χ1) is 8.93. The first-order valence-electron chi connectivity index (χ1n) is 6.80. The summed E-state index contributed by atoms with van der Waals surface area (Å²) in [5.41, 5.74) is 0.861. The third kappa shape index (κ3) is 5.09. The lowest BCUT2D eigenvalue weighted by Gasteiger charge is -2.26. The van der Waals surface area contributed by atoms with Crippen LogP contribution in [0.5, 0.6) is 11.5 Å². The number of rotatable bonds is 7. The van der Waals surface area contributed by atoms with E-state index >= 15 is 0 Å². The Morgan fingerprint density at radius 2 is 1.68 bits per heavy atom. The predicted octanol–water partition coefficient (Wildman–Crippen LogP) is 2.81. The van der Waals surface area contributed by atoms with Crippen molar-refractivity contribution in [1.29, 1.82) is 0 Å². The Bertz CT molecular complexity index is 373. The van der Waals surface area contributed by atoms with Gasteiger partial charge in [-0.2, -0.15) is 0 Å². The molecule has 1 aromatic carbocycles. The van der Waals surface area contributed by atoms with Gasteiger partial charge >= 0.3 is 0 Å². The van der Waals surface area contributed by atoms with Gasteiger partial charge in [-0.05, 0) is 37.5 Å². The van der Waals surface area contributed by atoms with E-state index in [9.17, 15) is 10.2 Å². The highest BCUT2D eigenvalue weighted by atomic mass is 16.5. The topological polar surface area (TPSA) is 61.7 Å². The second-order valence-corrected chi connectivity index (χ2v) is 5.18. The molecule has 108 valence electrons. The van der Waals surface area contributed by atoms with Crippen LogP contribution in [0.2, 0.25) is 0 Å². The molecule has 2 unspecified atom stereocenters. The van der Waals surface area contributed by atoms with Gasteiger partial charge in [0.05, 0.1) is 6.61 Å². The Balaban J connectivity index is 2.72. The summed E-state index contributed by atoms with van der Waals surface area (Å²) < 4.78 is 5.48. The average Bonchev–Trinajstić information content (AvgIpc) is 2.32. The summed E-state index contributed by atoms with van der Waals surface area (Å²) in [5, 5.41) is 22.5. The van der Waals surface area contributed by atoms with Crippen LogP contribution >= 0.6 is 0 Å². The lowest BCUT2D eigenvalue weighted by atomic mass is 10.0. The third-order valence-corrected chi connectivity index (χ3v) is 3.20. The van der Waals surface area contributed by atoms with Crippen molar-refractivity contribution in [1.82, 2.24) is 5.32 Å². The Morgan fingerprint density at radius 3 is 2.16 bits per heavy atom. The van der Waals surface area contributed by atoms with Gasteiger partial charge in [-0.15, -0.1) is 0 Å². The molecule has 0 aliphatic heterocycles. The van der Waals surface area contributed by atoms with Crippen LogP contribution < -0.4 is 5.32 Å². The van der Waals surface area contributed by atoms with E-state index in [2.05, 4.69) is 19.2 Å². The van der Waals surface area contributed by atoms with Crippen molar-refractivity contribution < 1.29 is 14.9 Å². The fourth-order valence-electron chi connectivity index (χ4n) is 1.96. The smallest absolute Gasteiger partial charge is 0.119 e. The Kier molecular flexibility index (Phi) is 6.12. The molecule has 0 fully saturated rings. The van der Waals surface area contributed by atoms with Crippen molar-refractivity contribution in [2.24, 2.45) is 5.92 Å². The molecule has 1 aromatic rings. The Hall–Kier alpha value is -1.26. The predicted molar refractivity (Wildman–Crippen MR) is 76.4 cm³/mol. The van der Waals surface area contributed by atoms with Crippen molar-refractivity contribution in [3.05, 3.63) is 23.8 Å². The zero-order valence-electron chi connectivity index (χ0n) is 12.2. The molecule has 0 spiro atoms. The van der Waals surface area contributed by atoms with E-state index in [4.69, 9.17) is 4.74 Å². The molecule has 0 amide bonds. The molecule has 4 nitrogen and oxygen atoms in total. The lowest BCUT2D eigenvalue weighted by molar-refractivity contribution is 0.104. The number of phenols is 2. The third-order valence-electron chi connectivity index (χ3n) is 3.20. The average molecular weight is 267 g/mol. The number of ether oxygens (including phenoxy) is 1. The van der Waals surface area contributed by atoms with Gasteiger partial charge in [-0.25, -0.2) is 0 Å². The van der Waals surface area contributed by atoms with Crippen molar-refractivity contribution in [3.63, 3.8) is 0 Å². The highest BCUT2D eigenvalue weighted by Crippen LogP contribution is 2.25. The monoisotopic (exact) mass is 267 g/mol. The van der Waals surface area contributed by atoms with Gasteiger partial charge in [-0.3, -0.25) is 0 Å². The maximum atomic E-state index is 9.52. The Morgan fingerprint density at radius 1 is 1.11 bits per heavy atom. The van der Waals surface area contributed by atoms with E-state index in [0.29, 0.717) is 19.1 Å². The van der Waals surface area contributed by atoms with Gasteiger partial charge in [0.15, 0.2) is 0 Å². The molecule has 0 saturated carbocycles. The second kappa shape index (κ2) is 7.36. The molecule has 4 heteroatoms. The first-order valence-corrected chi connectivity index (χ1v) is 6.80. The van der Waals surface area contributed by atoms with Gasteiger partial charge in [0.1, 0.15) is 11.5 Å². The molecular weight excluding hydrogens is 242 g/mol. The number of nitrogens with one attached hydrogen (secondary N) is 1. The summed E-state index contributed by atoms with van der Waals surface area (Å²) in [5.74, 6) is 0.601. The molecule has 0 bridgehead atoms. The summed E-state index contributed by atoms with van der Waals surface area (Å²) in [4.78, 5) is 0. The van der Waals surface area contributed by atoms with Crippen molar-refractivity contribution >= 4 is 0 Å². The zero-order chi connectivity index (χ0) is 14.4. The van der Waals surface area contributed by atoms with E-state index in [0.717, 1.165) is 5.56 Å². The molecule has 0 saturated heterocycles. The number of hydrogen-bond donors (Lipinski definition) is 3. The summed E-state index contributed by atoms with van der Waals surface area (Å²) in [6, 6.07) is 4.92. The van der Waals surface area contributed by atoms with Crippen LogP contribution in [-0.4, -0.2) is 29.5 Å². The maximum absolute atomic E-state index is 9.52. The fraction of sp³-hybridized carbons (Fsp3) is 0.600. The molecule has 2 atom stereocenters. The minimum atomic E-state index is 0.0332. The van der Waals surface area contributed by atoms with Crippen LogP contribution in [0.3, 0.4) is 0 Å². The highest BCUT2D eigenvalue weighted by molar-refractivity contribution is 5.37. The minimum absolute atomic E-state index is 0.0332. The van der Waals surface area contributed by atoms with Gasteiger partial charge < -0.3 is 20.3 Å². The van der Waals surface area contributed by atoms with Crippen LogP contribution in [0.1, 0.15) is 39.3 Å². The summed E-state index contributed by atoms with van der Waals surface area (Å²) in [7, 11) is 0. The SMILES string of the molecule is CCOCC(NC(C)c1cc(O)cc(O)c1)C(C)C. The molecule has 0 heterocycles. The van der Waals surface area contributed by atoms with E-state index in [-0.39, 0.29) is 23.6 Å². The summed E-state index contributed by atoms with van der Waals surface area (Å²) in [6.45, 7) is 9.63. The lowest BCUT2D eigenvalue weighted by Crippen LogP contribution is -2.39. The van der Waals surface area contributed by atoms with E-state index in [1.54, 1.807) is 12.1 Å². The molecule has 0 aliphatic carbocycles. The molecular formula is C15H25NO3.